The van der Waals surface area contributed by atoms with Gasteiger partial charge < -0.3 is 28.8 Å². The van der Waals surface area contributed by atoms with Gasteiger partial charge in [0.1, 0.15) is 0 Å². The van der Waals surface area contributed by atoms with Gasteiger partial charge >= 0.3 is 0 Å². The molecule has 0 aromatic heterocycles. The molecular weight excluding hydrogens is 372 g/mol. The van der Waals surface area contributed by atoms with Crippen LogP contribution in [0.15, 0.2) is 12.1 Å². The van der Waals surface area contributed by atoms with Crippen LogP contribution in [0, 0.1) is 11.8 Å². The van der Waals surface area contributed by atoms with Crippen molar-refractivity contribution in [2.24, 2.45) is 11.8 Å². The normalized spacial score (nSPS) is 18.0. The van der Waals surface area contributed by atoms with E-state index < -0.39 is 0 Å². The lowest BCUT2D eigenvalue weighted by atomic mass is 9.77. The van der Waals surface area contributed by atoms with Crippen LogP contribution in [0.1, 0.15) is 25.0 Å². The van der Waals surface area contributed by atoms with Crippen molar-refractivity contribution in [3.8, 4) is 45.6 Å². The van der Waals surface area contributed by atoms with Crippen LogP contribution in [-0.4, -0.2) is 40.7 Å². The first-order valence-electron chi connectivity index (χ1n) is 9.70. The predicted molar refractivity (Wildman–Crippen MR) is 112 cm³/mol. The first-order chi connectivity index (χ1) is 13.9. The highest BCUT2D eigenvalue weighted by Gasteiger charge is 2.32. The fraction of sp³-hybridized carbons (Fsp3) is 0.478. The van der Waals surface area contributed by atoms with Crippen molar-refractivity contribution in [2.75, 3.05) is 35.5 Å². The van der Waals surface area contributed by atoms with E-state index in [9.17, 15) is 5.11 Å². The molecule has 6 heteroatoms. The van der Waals surface area contributed by atoms with Gasteiger partial charge in [0.05, 0.1) is 35.5 Å². The van der Waals surface area contributed by atoms with Crippen molar-refractivity contribution in [1.29, 1.82) is 0 Å². The van der Waals surface area contributed by atoms with Gasteiger partial charge in [0.25, 0.3) is 0 Å². The van der Waals surface area contributed by atoms with E-state index in [2.05, 4.69) is 13.8 Å². The number of benzene rings is 2. The average molecular weight is 402 g/mol. The van der Waals surface area contributed by atoms with Crippen molar-refractivity contribution >= 4 is 0 Å². The van der Waals surface area contributed by atoms with Crippen LogP contribution < -0.4 is 23.7 Å². The molecule has 1 N–H and O–H groups in total. The second-order valence-electron chi connectivity index (χ2n) is 7.54. The van der Waals surface area contributed by atoms with Crippen LogP contribution >= 0.6 is 0 Å². The number of ether oxygens (including phenoxy) is 5. The maximum absolute atomic E-state index is 11.2. The number of aromatic hydroxyl groups is 1. The Labute approximate surface area is 172 Å². The smallest absolute Gasteiger partial charge is 0.203 e. The average Bonchev–Trinajstić information content (AvgIpc) is 2.72. The van der Waals surface area contributed by atoms with E-state index in [-0.39, 0.29) is 5.75 Å². The monoisotopic (exact) mass is 402 g/mol. The first-order valence-corrected chi connectivity index (χ1v) is 9.70. The van der Waals surface area contributed by atoms with Gasteiger partial charge in [0.2, 0.25) is 11.5 Å². The number of hydrogen-bond donors (Lipinski definition) is 1. The van der Waals surface area contributed by atoms with Crippen LogP contribution in [0.5, 0.6) is 34.5 Å². The zero-order valence-electron chi connectivity index (χ0n) is 18.2. The molecular formula is C23H30O6. The molecule has 0 radical (unpaired) electrons. The third-order valence-electron chi connectivity index (χ3n) is 5.94. The van der Waals surface area contributed by atoms with Gasteiger partial charge in [0.15, 0.2) is 23.0 Å². The number of fused-ring (bicyclic) bond motifs is 3. The van der Waals surface area contributed by atoms with Gasteiger partial charge in [-0.1, -0.05) is 13.8 Å². The Kier molecular flexibility index (Phi) is 6.01. The molecule has 0 aliphatic heterocycles. The molecule has 3 rings (SSSR count). The molecule has 0 saturated heterocycles. The van der Waals surface area contributed by atoms with Crippen LogP contribution in [-0.2, 0) is 12.8 Å². The van der Waals surface area contributed by atoms with Crippen LogP contribution in [0.2, 0.25) is 0 Å². The molecule has 1 aliphatic carbocycles. The molecule has 0 bridgehead atoms. The molecule has 1 aliphatic rings. The van der Waals surface area contributed by atoms with Gasteiger partial charge in [0, 0.05) is 11.1 Å². The number of rotatable bonds is 5. The van der Waals surface area contributed by atoms with E-state index >= 15 is 0 Å². The van der Waals surface area contributed by atoms with Gasteiger partial charge in [-0.3, -0.25) is 0 Å². The number of phenolic OH excluding ortho intramolecular Hbond substituents is 1. The van der Waals surface area contributed by atoms with E-state index in [1.165, 1.54) is 7.11 Å². The summed E-state index contributed by atoms with van der Waals surface area (Å²) in [5.74, 6) is 3.29. The molecule has 2 atom stereocenters. The van der Waals surface area contributed by atoms with E-state index in [0.717, 1.165) is 29.5 Å². The van der Waals surface area contributed by atoms with Crippen molar-refractivity contribution in [3.63, 3.8) is 0 Å². The van der Waals surface area contributed by atoms with Gasteiger partial charge in [-0.15, -0.1) is 0 Å². The summed E-state index contributed by atoms with van der Waals surface area (Å²) in [7, 11) is 7.87. The predicted octanol–water partition coefficient (Wildman–Crippen LogP) is 4.47. The van der Waals surface area contributed by atoms with Gasteiger partial charge in [-0.2, -0.15) is 0 Å². The molecule has 29 heavy (non-hydrogen) atoms. The van der Waals surface area contributed by atoms with Crippen LogP contribution in [0.25, 0.3) is 11.1 Å². The van der Waals surface area contributed by atoms with E-state index in [0.29, 0.717) is 46.1 Å². The Morgan fingerprint density at radius 1 is 0.655 bits per heavy atom. The molecule has 0 saturated carbocycles. The van der Waals surface area contributed by atoms with Crippen LogP contribution in [0.3, 0.4) is 0 Å². The zero-order valence-corrected chi connectivity index (χ0v) is 18.2. The largest absolute Gasteiger partial charge is 0.504 e. The van der Waals surface area contributed by atoms with Crippen molar-refractivity contribution < 1.29 is 28.8 Å². The molecule has 158 valence electrons. The molecule has 2 aromatic rings. The second-order valence-corrected chi connectivity index (χ2v) is 7.54. The number of hydrogen-bond acceptors (Lipinski definition) is 6. The van der Waals surface area contributed by atoms with E-state index in [1.807, 2.05) is 12.1 Å². The summed E-state index contributed by atoms with van der Waals surface area (Å²) in [4.78, 5) is 0. The SMILES string of the molecule is COc1cc2c(c(O)c1OC)-c1c(cc(OC)c(OC)c1OC)C[C@H](C)[C@H](C)C2. The van der Waals surface area contributed by atoms with Gasteiger partial charge in [-0.05, 0) is 47.9 Å². The fourth-order valence-corrected chi connectivity index (χ4v) is 4.21. The standard InChI is InChI=1S/C23H30O6/c1-12-8-14-10-16(25-3)21(27-5)20(24)18(14)19-15(9-13(12)2)11-17(26-4)22(28-6)23(19)29-7/h10-13,24H,8-9H2,1-7H3/t12-,13+/m1/s1. The summed E-state index contributed by atoms with van der Waals surface area (Å²) < 4.78 is 27.9. The third-order valence-corrected chi connectivity index (χ3v) is 5.94. The Balaban J connectivity index is 2.47. The summed E-state index contributed by atoms with van der Waals surface area (Å²) in [6.07, 6.45) is 1.61. The molecule has 0 heterocycles. The molecule has 0 spiro atoms. The highest BCUT2D eigenvalue weighted by Crippen LogP contribution is 2.55. The highest BCUT2D eigenvalue weighted by atomic mass is 16.5. The number of methoxy groups -OCH3 is 5. The Bertz CT molecular complexity index is 905. The fourth-order valence-electron chi connectivity index (χ4n) is 4.21. The Morgan fingerprint density at radius 3 is 1.55 bits per heavy atom. The molecule has 2 aromatic carbocycles. The molecule has 0 amide bonds. The minimum Gasteiger partial charge on any atom is -0.504 e. The summed E-state index contributed by atoms with van der Waals surface area (Å²) in [5, 5.41) is 11.2. The lowest BCUT2D eigenvalue weighted by Crippen LogP contribution is -2.18. The maximum Gasteiger partial charge on any atom is 0.203 e. The summed E-state index contributed by atoms with van der Waals surface area (Å²) in [5.41, 5.74) is 3.50. The lowest BCUT2D eigenvalue weighted by Gasteiger charge is -2.30. The first kappa shape index (κ1) is 21.0. The summed E-state index contributed by atoms with van der Waals surface area (Å²) in [6.45, 7) is 4.47. The summed E-state index contributed by atoms with van der Waals surface area (Å²) >= 11 is 0. The van der Waals surface area contributed by atoms with Crippen molar-refractivity contribution in [1.82, 2.24) is 0 Å². The van der Waals surface area contributed by atoms with E-state index in [1.54, 1.807) is 28.4 Å². The minimum atomic E-state index is 0.0374. The quantitative estimate of drug-likeness (QED) is 0.796. The highest BCUT2D eigenvalue weighted by molar-refractivity contribution is 5.88. The van der Waals surface area contributed by atoms with Crippen LogP contribution in [0.4, 0.5) is 0 Å². The minimum absolute atomic E-state index is 0.0374. The molecule has 0 fully saturated rings. The number of phenols is 1. The molecule has 0 unspecified atom stereocenters. The zero-order chi connectivity index (χ0) is 21.3. The summed E-state index contributed by atoms with van der Waals surface area (Å²) in [6, 6.07) is 3.92. The Hall–Kier alpha value is -2.76. The maximum atomic E-state index is 11.2. The molecule has 6 nitrogen and oxygen atoms in total. The topological polar surface area (TPSA) is 66.4 Å². The third kappa shape index (κ3) is 3.41. The van der Waals surface area contributed by atoms with Crippen molar-refractivity contribution in [2.45, 2.75) is 26.7 Å². The Morgan fingerprint density at radius 2 is 1.10 bits per heavy atom. The second kappa shape index (κ2) is 8.31. The van der Waals surface area contributed by atoms with Gasteiger partial charge in [-0.25, -0.2) is 0 Å². The van der Waals surface area contributed by atoms with E-state index in [4.69, 9.17) is 23.7 Å². The lowest BCUT2D eigenvalue weighted by molar-refractivity contribution is 0.320. The van der Waals surface area contributed by atoms with Crippen molar-refractivity contribution in [3.05, 3.63) is 23.3 Å².